The number of nitrogens with zero attached hydrogens (tertiary/aromatic N) is 1. The highest BCUT2D eigenvalue weighted by atomic mass is 19.2. The van der Waals surface area contributed by atoms with Gasteiger partial charge < -0.3 is 4.74 Å². The highest BCUT2D eigenvalue weighted by Crippen LogP contribution is 2.42. The van der Waals surface area contributed by atoms with E-state index in [0.717, 1.165) is 0 Å². The molecule has 0 fully saturated rings. The molecule has 2 nitrogen and oxygen atoms in total. The topological polar surface area (TPSA) is 13.1 Å². The van der Waals surface area contributed by atoms with Crippen molar-refractivity contribution in [2.24, 2.45) is 7.05 Å². The third-order valence-corrected chi connectivity index (χ3v) is 10.8. The molecule has 16 bridgehead atoms. The molecule has 0 atom stereocenters. The minimum absolute atomic E-state index is 0.0718. The van der Waals surface area contributed by atoms with Crippen molar-refractivity contribution in [1.29, 1.82) is 0 Å². The van der Waals surface area contributed by atoms with Crippen LogP contribution < -0.4 is 9.30 Å². The van der Waals surface area contributed by atoms with Crippen LogP contribution in [0.3, 0.4) is 0 Å². The van der Waals surface area contributed by atoms with Crippen LogP contribution in [0.15, 0.2) is 134 Å². The van der Waals surface area contributed by atoms with Crippen molar-refractivity contribution in [3.8, 4) is 94.9 Å². The second-order valence-corrected chi connectivity index (χ2v) is 14.2. The summed E-state index contributed by atoms with van der Waals surface area (Å²) >= 11 is 0. The predicted octanol–water partition coefficient (Wildman–Crippen LogP) is 13.3. The van der Waals surface area contributed by atoms with Crippen molar-refractivity contribution in [3.05, 3.63) is 180 Å². The number of halogens is 8. The van der Waals surface area contributed by atoms with Gasteiger partial charge in [0.2, 0.25) is 5.69 Å². The lowest BCUT2D eigenvalue weighted by Gasteiger charge is -2.15. The van der Waals surface area contributed by atoms with Crippen LogP contribution in [0.5, 0.6) is 5.75 Å². The Bertz CT molecular complexity index is 2920. The zero-order valence-corrected chi connectivity index (χ0v) is 31.1. The molecule has 30 rings (SSSR count). The lowest BCUT2D eigenvalue weighted by Crippen LogP contribution is -2.30. The quantitative estimate of drug-likeness (QED) is 0.0916. The van der Waals surface area contributed by atoms with E-state index < -0.39 is 68.8 Å². The molecular formula is C49H28F8NO+. The summed E-state index contributed by atoms with van der Waals surface area (Å²) in [6.07, 6.45) is 1.36. The van der Waals surface area contributed by atoms with Crippen molar-refractivity contribution in [1.82, 2.24) is 0 Å². The lowest BCUT2D eigenvalue weighted by atomic mass is 9.93. The van der Waals surface area contributed by atoms with Gasteiger partial charge in [-0.3, -0.25) is 0 Å². The Balaban J connectivity index is 1.20. The molecule has 290 valence electrons. The van der Waals surface area contributed by atoms with Crippen molar-refractivity contribution in [2.75, 3.05) is 7.11 Å². The van der Waals surface area contributed by atoms with Crippen LogP contribution in [-0.2, 0) is 7.05 Å². The molecule has 0 unspecified atom stereocenters. The predicted molar refractivity (Wildman–Crippen MR) is 211 cm³/mol. The average Bonchev–Trinajstić information content (AvgIpc) is 3.26. The zero-order chi connectivity index (χ0) is 41.3. The molecule has 0 radical (unpaired) electrons. The molecule has 7 aromatic carbocycles. The first-order valence-electron chi connectivity index (χ1n) is 18.3. The SMILES string of the molecule is COc1cc2ccc1-c1ccc(cc1)-c1ccc(cc1)-c1c(F)c(F)c(c(F)c1F)-c1ccc(cc1)-c1ccc(cc1)-c1ccc(c[n+]1C)-c1c(F)c(F)c-2c(F)c1F. The molecular weight excluding hydrogens is 771 g/mol. The summed E-state index contributed by atoms with van der Waals surface area (Å²) < 4.78 is 133. The standard InChI is InChI=1S/C49H28F8NO/c1-58-24-34-20-22-36(58)30-13-5-26(6-14-30)28-9-17-32(18-10-28)39-44(52)42(50)38(43(51)45(39)53)31-15-7-27(8-16-31)25-3-11-29(12-4-25)35-21-19-33(23-37(35)59-2)40-46(54)48(56)41(34)49(57)47(40)55/h3-24H,1-2H3/q+1. The Morgan fingerprint density at radius 1 is 0.339 bits per heavy atom. The number of methoxy groups -OCH3 is 1. The van der Waals surface area contributed by atoms with Gasteiger partial charge in [-0.05, 0) is 68.8 Å². The number of hydrogen-bond acceptors (Lipinski definition) is 1. The number of aromatic nitrogens is 1. The molecule has 18 aliphatic carbocycles. The first kappa shape index (κ1) is 37.5. The maximum absolute atomic E-state index is 15.9. The number of hydrogen-bond donors (Lipinski definition) is 0. The van der Waals surface area contributed by atoms with Crippen molar-refractivity contribution < 1.29 is 44.4 Å². The molecule has 22 aliphatic rings. The normalized spacial score (nSPS) is 11.6. The van der Waals surface area contributed by atoms with E-state index in [2.05, 4.69) is 0 Å². The number of pyridine rings is 1. The van der Waals surface area contributed by atoms with Crippen LogP contribution in [0.2, 0.25) is 0 Å². The summed E-state index contributed by atoms with van der Waals surface area (Å²) in [5, 5.41) is 0. The maximum atomic E-state index is 15.9. The fourth-order valence-corrected chi connectivity index (χ4v) is 7.75. The zero-order valence-electron chi connectivity index (χ0n) is 31.1. The van der Waals surface area contributed by atoms with Crippen molar-refractivity contribution in [3.63, 3.8) is 0 Å². The summed E-state index contributed by atoms with van der Waals surface area (Å²) in [6.45, 7) is 0. The van der Waals surface area contributed by atoms with E-state index in [4.69, 9.17) is 4.74 Å². The summed E-state index contributed by atoms with van der Waals surface area (Å²) in [7, 11) is 2.96. The Morgan fingerprint density at radius 2 is 0.644 bits per heavy atom. The average molecular weight is 799 g/mol. The van der Waals surface area contributed by atoms with Crippen molar-refractivity contribution in [2.45, 2.75) is 0 Å². The first-order chi connectivity index (χ1) is 28.4. The molecule has 0 saturated heterocycles. The van der Waals surface area contributed by atoms with Crippen molar-refractivity contribution >= 4 is 0 Å². The smallest absolute Gasteiger partial charge is 0.212 e. The van der Waals surface area contributed by atoms with Gasteiger partial charge in [0.1, 0.15) is 12.8 Å². The van der Waals surface area contributed by atoms with E-state index in [1.807, 2.05) is 0 Å². The molecule has 0 amide bonds. The minimum atomic E-state index is -1.57. The van der Waals surface area contributed by atoms with Crippen LogP contribution in [0.25, 0.3) is 89.1 Å². The number of benzene rings is 7. The van der Waals surface area contributed by atoms with Gasteiger partial charge in [-0.2, -0.15) is 0 Å². The van der Waals surface area contributed by atoms with Gasteiger partial charge in [0.05, 0.1) is 34.9 Å². The van der Waals surface area contributed by atoms with E-state index >= 15 is 35.1 Å². The number of ether oxygens (including phenoxy) is 1. The molecule has 5 heterocycles. The summed E-state index contributed by atoms with van der Waals surface area (Å²) in [5.74, 6) is -12.2. The molecule has 8 aromatic rings. The Labute approximate surface area is 332 Å². The van der Waals surface area contributed by atoms with Gasteiger partial charge in [-0.15, -0.1) is 0 Å². The summed E-state index contributed by atoms with van der Waals surface area (Å²) in [5.41, 5.74) is 1.16. The lowest BCUT2D eigenvalue weighted by molar-refractivity contribution is -0.659. The monoisotopic (exact) mass is 798 g/mol. The van der Waals surface area contributed by atoms with Gasteiger partial charge in [-0.25, -0.2) is 39.7 Å². The van der Waals surface area contributed by atoms with Crippen LogP contribution in [0, 0.1) is 46.5 Å². The third kappa shape index (κ3) is 6.14. The Kier molecular flexibility index (Phi) is 9.15. The highest BCUT2D eigenvalue weighted by Gasteiger charge is 2.30. The van der Waals surface area contributed by atoms with Gasteiger partial charge in [0, 0.05) is 17.2 Å². The van der Waals surface area contributed by atoms with E-state index in [9.17, 15) is 0 Å². The van der Waals surface area contributed by atoms with E-state index in [1.165, 1.54) is 61.8 Å². The second-order valence-electron chi connectivity index (χ2n) is 14.2. The van der Waals surface area contributed by atoms with Crippen LogP contribution in [0.1, 0.15) is 0 Å². The van der Waals surface area contributed by atoms with Gasteiger partial charge >= 0.3 is 0 Å². The Hall–Kier alpha value is -7.07. The second kappa shape index (κ2) is 14.4. The summed E-state index contributed by atoms with van der Waals surface area (Å²) in [4.78, 5) is 0. The minimum Gasteiger partial charge on any atom is -0.496 e. The van der Waals surface area contributed by atoms with E-state index in [0.29, 0.717) is 44.6 Å². The van der Waals surface area contributed by atoms with Gasteiger partial charge in [0.15, 0.2) is 52.7 Å². The van der Waals surface area contributed by atoms with E-state index in [1.54, 1.807) is 90.5 Å². The fraction of sp³-hybridized carbons (Fsp3) is 0.0408. The first-order valence-corrected chi connectivity index (χ1v) is 18.3. The molecule has 0 spiro atoms. The molecule has 59 heavy (non-hydrogen) atoms. The van der Waals surface area contributed by atoms with Gasteiger partial charge in [0.25, 0.3) is 0 Å². The largest absolute Gasteiger partial charge is 0.496 e. The van der Waals surface area contributed by atoms with Gasteiger partial charge in [-0.1, -0.05) is 97.1 Å². The fourth-order valence-electron chi connectivity index (χ4n) is 7.75. The molecule has 0 saturated carbocycles. The number of aryl methyl sites for hydroxylation is 1. The Morgan fingerprint density at radius 3 is 1.03 bits per heavy atom. The van der Waals surface area contributed by atoms with Crippen LogP contribution in [-0.4, -0.2) is 7.11 Å². The molecule has 0 N–H and O–H groups in total. The highest BCUT2D eigenvalue weighted by molar-refractivity contribution is 5.81. The molecule has 1 aromatic heterocycles. The van der Waals surface area contributed by atoms with Crippen LogP contribution in [0.4, 0.5) is 35.1 Å². The number of rotatable bonds is 1. The molecule has 10 heteroatoms. The van der Waals surface area contributed by atoms with Crippen LogP contribution >= 0.6 is 0 Å². The third-order valence-electron chi connectivity index (χ3n) is 10.8. The maximum Gasteiger partial charge on any atom is 0.212 e. The van der Waals surface area contributed by atoms with E-state index in [-0.39, 0.29) is 28.0 Å². The summed E-state index contributed by atoms with van der Waals surface area (Å²) in [6, 6.07) is 32.7. The molecule has 4 aliphatic heterocycles.